The number of benzene rings is 2. The minimum Gasteiger partial charge on any atom is -0.507 e. The number of ketones is 1. The summed E-state index contributed by atoms with van der Waals surface area (Å²) in [7, 11) is 0. The van der Waals surface area contributed by atoms with Crippen LogP contribution in [0.2, 0.25) is 0 Å². The van der Waals surface area contributed by atoms with Crippen molar-refractivity contribution in [2.75, 3.05) is 4.90 Å². The Hall–Kier alpha value is -4.26. The molecule has 0 spiro atoms. The van der Waals surface area contributed by atoms with Gasteiger partial charge in [0.1, 0.15) is 5.76 Å². The van der Waals surface area contributed by atoms with Crippen LogP contribution < -0.4 is 4.90 Å². The van der Waals surface area contributed by atoms with Gasteiger partial charge in [0, 0.05) is 18.0 Å². The fraction of sp³-hybridized carbons (Fsp3) is 0.120. The van der Waals surface area contributed by atoms with E-state index in [-0.39, 0.29) is 17.3 Å². The van der Waals surface area contributed by atoms with Crippen LogP contribution in [0.25, 0.3) is 16.8 Å². The second-order valence-electron chi connectivity index (χ2n) is 7.85. The number of nitrogens with one attached hydrogen (secondary N) is 1. The van der Waals surface area contributed by atoms with Crippen LogP contribution in [0.1, 0.15) is 28.3 Å². The van der Waals surface area contributed by atoms with Crippen LogP contribution in [0.15, 0.2) is 72.6 Å². The quantitative estimate of drug-likeness (QED) is 0.292. The Morgan fingerprint density at radius 3 is 2.53 bits per heavy atom. The van der Waals surface area contributed by atoms with Crippen LogP contribution >= 0.6 is 0 Å². The number of nitrogens with zero attached hydrogens (tertiary/aromatic N) is 3. The van der Waals surface area contributed by atoms with Gasteiger partial charge in [0.05, 0.1) is 22.6 Å². The highest BCUT2D eigenvalue weighted by molar-refractivity contribution is 6.51. The first-order chi connectivity index (χ1) is 15.5. The molecule has 2 aromatic carbocycles. The number of hydrogen-bond donors (Lipinski definition) is 2. The summed E-state index contributed by atoms with van der Waals surface area (Å²) in [5.74, 6) is -1.47. The average molecular weight is 424 g/mol. The first kappa shape index (κ1) is 19.7. The maximum atomic E-state index is 13.2. The highest BCUT2D eigenvalue weighted by atomic mass is 16.3. The largest absolute Gasteiger partial charge is 0.507 e. The Balaban J connectivity index is 1.76. The van der Waals surface area contributed by atoms with Gasteiger partial charge < -0.3 is 10.1 Å². The standard InChI is InChI=1S/C25H20N4O3/c1-14-7-8-15(2)17(13-14)22(30)20-21(16-9-11-26-12-10-16)29(24(32)23(20)31)25-27-18-5-3-4-6-19(18)28-25/h3-13,21,30H,1-2H3,(H,27,28)/b22-20+. The number of H-pyrrole nitrogens is 1. The van der Waals surface area contributed by atoms with Crippen molar-refractivity contribution >= 4 is 34.4 Å². The number of rotatable bonds is 3. The molecule has 1 atom stereocenters. The Bertz CT molecular complexity index is 1370. The number of pyridine rings is 1. The molecule has 1 unspecified atom stereocenters. The molecule has 1 fully saturated rings. The van der Waals surface area contributed by atoms with Crippen molar-refractivity contribution in [1.29, 1.82) is 0 Å². The van der Waals surface area contributed by atoms with Gasteiger partial charge in [-0.25, -0.2) is 4.98 Å². The van der Waals surface area contributed by atoms with Crippen molar-refractivity contribution in [2.24, 2.45) is 0 Å². The number of carbonyl (C=O) groups is 2. The maximum Gasteiger partial charge on any atom is 0.302 e. The summed E-state index contributed by atoms with van der Waals surface area (Å²) in [4.78, 5) is 39.5. The first-order valence-electron chi connectivity index (χ1n) is 10.2. The fourth-order valence-corrected chi connectivity index (χ4v) is 4.10. The number of imidazole rings is 1. The summed E-state index contributed by atoms with van der Waals surface area (Å²) in [6.07, 6.45) is 3.18. The summed E-state index contributed by atoms with van der Waals surface area (Å²) in [6.45, 7) is 3.76. The van der Waals surface area contributed by atoms with E-state index in [4.69, 9.17) is 0 Å². The molecule has 7 heteroatoms. The van der Waals surface area contributed by atoms with Crippen molar-refractivity contribution in [1.82, 2.24) is 15.0 Å². The number of fused-ring (bicyclic) bond motifs is 1. The van der Waals surface area contributed by atoms with Gasteiger partial charge >= 0.3 is 5.91 Å². The molecule has 1 aliphatic heterocycles. The van der Waals surface area contributed by atoms with Gasteiger partial charge in [-0.2, -0.15) is 0 Å². The summed E-state index contributed by atoms with van der Waals surface area (Å²) < 4.78 is 0. The van der Waals surface area contributed by atoms with Gasteiger partial charge in [-0.1, -0.05) is 29.8 Å². The Kier molecular flexibility index (Phi) is 4.59. The normalized spacial score (nSPS) is 17.9. The van der Waals surface area contributed by atoms with E-state index in [1.165, 1.54) is 4.90 Å². The molecule has 7 nitrogen and oxygen atoms in total. The number of anilines is 1. The first-order valence-corrected chi connectivity index (χ1v) is 10.2. The van der Waals surface area contributed by atoms with Crippen LogP contribution in [-0.4, -0.2) is 31.7 Å². The smallest absolute Gasteiger partial charge is 0.302 e. The van der Waals surface area contributed by atoms with Gasteiger partial charge in [0.25, 0.3) is 5.78 Å². The number of hydrogen-bond acceptors (Lipinski definition) is 5. The average Bonchev–Trinajstić information content (AvgIpc) is 3.34. The van der Waals surface area contributed by atoms with Gasteiger partial charge in [-0.3, -0.25) is 19.5 Å². The van der Waals surface area contributed by atoms with Crippen molar-refractivity contribution in [3.05, 3.63) is 94.8 Å². The molecule has 0 bridgehead atoms. The van der Waals surface area contributed by atoms with Crippen LogP contribution in [-0.2, 0) is 9.59 Å². The lowest BCUT2D eigenvalue weighted by Crippen LogP contribution is -2.30. The van der Waals surface area contributed by atoms with E-state index in [1.54, 1.807) is 24.5 Å². The molecule has 2 N–H and O–H groups in total. The Morgan fingerprint density at radius 2 is 1.78 bits per heavy atom. The van der Waals surface area contributed by atoms with Crippen molar-refractivity contribution in [3.8, 4) is 0 Å². The molecule has 2 aromatic heterocycles. The number of amides is 1. The molecule has 1 amide bonds. The van der Waals surface area contributed by atoms with E-state index in [0.717, 1.165) is 16.6 Å². The van der Waals surface area contributed by atoms with Crippen LogP contribution in [0.5, 0.6) is 0 Å². The van der Waals surface area contributed by atoms with Gasteiger partial charge in [0.2, 0.25) is 5.95 Å². The topological polar surface area (TPSA) is 99.2 Å². The predicted octanol–water partition coefficient (Wildman–Crippen LogP) is 4.20. The van der Waals surface area contributed by atoms with Crippen molar-refractivity contribution < 1.29 is 14.7 Å². The van der Waals surface area contributed by atoms with E-state index in [2.05, 4.69) is 15.0 Å². The zero-order valence-electron chi connectivity index (χ0n) is 17.5. The number of aliphatic hydroxyl groups excluding tert-OH is 1. The third-order valence-electron chi connectivity index (χ3n) is 5.72. The van der Waals surface area contributed by atoms with Gasteiger partial charge in [-0.15, -0.1) is 0 Å². The van der Waals surface area contributed by atoms with Gasteiger partial charge in [0.15, 0.2) is 0 Å². The number of Topliss-reactive ketones (excluding diaryl/α,β-unsaturated/α-hetero) is 1. The molecule has 158 valence electrons. The van der Waals surface area contributed by atoms with E-state index in [1.807, 2.05) is 56.3 Å². The molecule has 1 saturated heterocycles. The van der Waals surface area contributed by atoms with Crippen LogP contribution in [0, 0.1) is 13.8 Å². The molecule has 32 heavy (non-hydrogen) atoms. The summed E-state index contributed by atoms with van der Waals surface area (Å²) in [5, 5.41) is 11.3. The minimum atomic E-state index is -0.849. The Morgan fingerprint density at radius 1 is 1.03 bits per heavy atom. The molecular formula is C25H20N4O3. The number of aliphatic hydroxyl groups is 1. The summed E-state index contributed by atoms with van der Waals surface area (Å²) >= 11 is 0. The lowest BCUT2D eigenvalue weighted by molar-refractivity contribution is -0.132. The molecule has 0 radical (unpaired) electrons. The third-order valence-corrected chi connectivity index (χ3v) is 5.72. The van der Waals surface area contributed by atoms with Crippen molar-refractivity contribution in [3.63, 3.8) is 0 Å². The Labute approximate surface area is 184 Å². The number of aromatic nitrogens is 3. The molecule has 3 heterocycles. The second kappa shape index (κ2) is 7.46. The molecule has 0 aliphatic carbocycles. The van der Waals surface area contributed by atoms with Crippen LogP contribution in [0.3, 0.4) is 0 Å². The fourth-order valence-electron chi connectivity index (χ4n) is 4.10. The molecule has 1 aliphatic rings. The second-order valence-corrected chi connectivity index (χ2v) is 7.85. The zero-order valence-corrected chi connectivity index (χ0v) is 17.5. The molecule has 4 aromatic rings. The monoisotopic (exact) mass is 424 g/mol. The lowest BCUT2D eigenvalue weighted by Gasteiger charge is -2.23. The van der Waals surface area contributed by atoms with Crippen molar-refractivity contribution in [2.45, 2.75) is 19.9 Å². The molecule has 5 rings (SSSR count). The SMILES string of the molecule is Cc1ccc(C)c(/C(O)=C2\C(=O)C(=O)N(c3nc4ccccc4[nH]3)C2c2ccncc2)c1. The summed E-state index contributed by atoms with van der Waals surface area (Å²) in [5.41, 5.74) is 4.34. The predicted molar refractivity (Wildman–Crippen MR) is 121 cm³/mol. The highest BCUT2D eigenvalue weighted by Crippen LogP contribution is 2.41. The van der Waals surface area contributed by atoms with E-state index < -0.39 is 17.7 Å². The van der Waals surface area contributed by atoms with E-state index >= 15 is 0 Å². The third kappa shape index (κ3) is 3.06. The number of aromatic amines is 1. The lowest BCUT2D eigenvalue weighted by atomic mass is 9.94. The highest BCUT2D eigenvalue weighted by Gasteiger charge is 2.48. The zero-order chi connectivity index (χ0) is 22.4. The van der Waals surface area contributed by atoms with Gasteiger partial charge in [-0.05, 0) is 55.3 Å². The minimum absolute atomic E-state index is 0.0235. The molecule has 0 saturated carbocycles. The van der Waals surface area contributed by atoms with E-state index in [9.17, 15) is 14.7 Å². The van der Waals surface area contributed by atoms with Crippen LogP contribution in [0.4, 0.5) is 5.95 Å². The number of para-hydroxylation sites is 2. The summed E-state index contributed by atoms with van der Waals surface area (Å²) in [6, 6.07) is 15.6. The number of aryl methyl sites for hydroxylation is 2. The molecular weight excluding hydrogens is 404 g/mol. The maximum absolute atomic E-state index is 13.2. The number of carbonyl (C=O) groups excluding carboxylic acids is 2. The van der Waals surface area contributed by atoms with E-state index in [0.29, 0.717) is 16.6 Å².